The normalized spacial score (nSPS) is 15.8. The highest BCUT2D eigenvalue weighted by molar-refractivity contribution is 7.17. The Morgan fingerprint density at radius 1 is 1.31 bits per heavy atom. The van der Waals surface area contributed by atoms with Crippen LogP contribution in [0.1, 0.15) is 39.7 Å². The summed E-state index contributed by atoms with van der Waals surface area (Å²) in [6.45, 7) is 2.17. The van der Waals surface area contributed by atoms with Crippen molar-refractivity contribution in [3.05, 3.63) is 51.4 Å². The quantitative estimate of drug-likeness (QED) is 0.453. The third-order valence-electron chi connectivity index (χ3n) is 4.93. The molecule has 150 valence electrons. The number of ether oxygens (including phenoxy) is 2. The number of amides is 1. The van der Waals surface area contributed by atoms with Gasteiger partial charge in [-0.25, -0.2) is 4.79 Å². The van der Waals surface area contributed by atoms with E-state index in [-0.39, 0.29) is 5.57 Å². The summed E-state index contributed by atoms with van der Waals surface area (Å²) in [5, 5.41) is 12.7. The van der Waals surface area contributed by atoms with Gasteiger partial charge < -0.3 is 14.8 Å². The zero-order valence-electron chi connectivity index (χ0n) is 16.6. The number of fused-ring (bicyclic) bond motifs is 1. The van der Waals surface area contributed by atoms with E-state index in [4.69, 9.17) is 9.47 Å². The molecule has 1 aromatic heterocycles. The zero-order chi connectivity index (χ0) is 21.0. The van der Waals surface area contributed by atoms with E-state index in [0.717, 1.165) is 29.7 Å². The predicted molar refractivity (Wildman–Crippen MR) is 112 cm³/mol. The number of nitrogens with zero attached hydrogens (tertiary/aromatic N) is 1. The van der Waals surface area contributed by atoms with Crippen LogP contribution in [0.5, 0.6) is 5.75 Å². The maximum atomic E-state index is 12.8. The van der Waals surface area contributed by atoms with Gasteiger partial charge >= 0.3 is 5.97 Å². The second-order valence-corrected chi connectivity index (χ2v) is 8.02. The van der Waals surface area contributed by atoms with Crippen molar-refractivity contribution in [2.45, 2.75) is 26.2 Å². The van der Waals surface area contributed by atoms with Gasteiger partial charge in [-0.1, -0.05) is 25.1 Å². The van der Waals surface area contributed by atoms with Crippen molar-refractivity contribution >= 4 is 34.3 Å². The van der Waals surface area contributed by atoms with Gasteiger partial charge in [-0.05, 0) is 42.9 Å². The number of thiophene rings is 1. The van der Waals surface area contributed by atoms with E-state index in [1.54, 1.807) is 18.2 Å². The van der Waals surface area contributed by atoms with Gasteiger partial charge in [-0.2, -0.15) is 5.26 Å². The van der Waals surface area contributed by atoms with Crippen LogP contribution in [0, 0.1) is 17.2 Å². The van der Waals surface area contributed by atoms with E-state index >= 15 is 0 Å². The number of anilines is 1. The van der Waals surface area contributed by atoms with Gasteiger partial charge in [-0.3, -0.25) is 4.79 Å². The Morgan fingerprint density at radius 2 is 2.07 bits per heavy atom. The van der Waals surface area contributed by atoms with E-state index in [1.165, 1.54) is 31.6 Å². The monoisotopic (exact) mass is 410 g/mol. The van der Waals surface area contributed by atoms with Crippen molar-refractivity contribution in [1.82, 2.24) is 0 Å². The molecule has 1 aliphatic carbocycles. The van der Waals surface area contributed by atoms with Gasteiger partial charge in [0.25, 0.3) is 5.91 Å². The summed E-state index contributed by atoms with van der Waals surface area (Å²) in [6, 6.07) is 9.05. The maximum Gasteiger partial charge on any atom is 0.341 e. The minimum Gasteiger partial charge on any atom is -0.496 e. The number of hydrogen-bond donors (Lipinski definition) is 1. The molecule has 0 saturated heterocycles. The molecular formula is C22H22N2O4S. The van der Waals surface area contributed by atoms with Crippen LogP contribution in [0.2, 0.25) is 0 Å². The second kappa shape index (κ2) is 8.93. The Labute approximate surface area is 173 Å². The number of para-hydroxylation sites is 1. The number of rotatable bonds is 5. The largest absolute Gasteiger partial charge is 0.496 e. The SMILES string of the molecule is COC(=O)c1c(NC(=O)C(C#N)=Cc2ccccc2OC)sc2c1CCC(C)C2. The third-order valence-corrected chi connectivity index (χ3v) is 6.10. The summed E-state index contributed by atoms with van der Waals surface area (Å²) in [6.07, 6.45) is 4.09. The molecule has 0 radical (unpaired) electrons. The van der Waals surface area contributed by atoms with Crippen molar-refractivity contribution in [2.24, 2.45) is 5.92 Å². The Bertz CT molecular complexity index is 1020. The van der Waals surface area contributed by atoms with Gasteiger partial charge in [0.15, 0.2) is 0 Å². The third kappa shape index (κ3) is 4.33. The molecule has 1 unspecified atom stereocenters. The highest BCUT2D eigenvalue weighted by Crippen LogP contribution is 2.40. The minimum atomic E-state index is -0.574. The molecule has 1 N–H and O–H groups in total. The molecule has 0 spiro atoms. The molecule has 29 heavy (non-hydrogen) atoms. The number of carbonyl (C=O) groups is 2. The first kappa shape index (κ1) is 20.6. The molecule has 3 rings (SSSR count). The summed E-state index contributed by atoms with van der Waals surface area (Å²) >= 11 is 1.39. The lowest BCUT2D eigenvalue weighted by Crippen LogP contribution is -2.16. The summed E-state index contributed by atoms with van der Waals surface area (Å²) in [7, 11) is 2.85. The molecule has 1 atom stereocenters. The Hall–Kier alpha value is -3.11. The minimum absolute atomic E-state index is 0.0787. The number of methoxy groups -OCH3 is 2. The number of hydrogen-bond acceptors (Lipinski definition) is 6. The first-order chi connectivity index (χ1) is 14.0. The number of nitrogens with one attached hydrogen (secondary N) is 1. The first-order valence-corrected chi connectivity index (χ1v) is 10.1. The van der Waals surface area contributed by atoms with Crippen LogP contribution < -0.4 is 10.1 Å². The van der Waals surface area contributed by atoms with Gasteiger partial charge in [0, 0.05) is 10.4 Å². The van der Waals surface area contributed by atoms with E-state index in [9.17, 15) is 14.9 Å². The van der Waals surface area contributed by atoms with Crippen molar-refractivity contribution in [1.29, 1.82) is 5.26 Å². The molecule has 1 aromatic carbocycles. The molecule has 0 saturated carbocycles. The van der Waals surface area contributed by atoms with Crippen LogP contribution in [-0.2, 0) is 22.4 Å². The van der Waals surface area contributed by atoms with Crippen molar-refractivity contribution in [3.8, 4) is 11.8 Å². The van der Waals surface area contributed by atoms with Crippen LogP contribution in [0.25, 0.3) is 6.08 Å². The molecular weight excluding hydrogens is 388 g/mol. The fourth-order valence-corrected chi connectivity index (χ4v) is 4.81. The summed E-state index contributed by atoms with van der Waals surface area (Å²) < 4.78 is 10.2. The molecule has 0 aliphatic heterocycles. The molecule has 0 bridgehead atoms. The highest BCUT2D eigenvalue weighted by atomic mass is 32.1. The molecule has 1 heterocycles. The van der Waals surface area contributed by atoms with Crippen LogP contribution in [0.15, 0.2) is 29.8 Å². The Kier molecular flexibility index (Phi) is 6.35. The average Bonchev–Trinajstić information content (AvgIpc) is 3.08. The zero-order valence-corrected chi connectivity index (χ0v) is 17.4. The smallest absolute Gasteiger partial charge is 0.341 e. The second-order valence-electron chi connectivity index (χ2n) is 6.91. The van der Waals surface area contributed by atoms with Gasteiger partial charge in [-0.15, -0.1) is 11.3 Å². The Morgan fingerprint density at radius 3 is 2.76 bits per heavy atom. The van der Waals surface area contributed by atoms with Gasteiger partial charge in [0.1, 0.15) is 22.4 Å². The lowest BCUT2D eigenvalue weighted by molar-refractivity contribution is -0.112. The topological polar surface area (TPSA) is 88.4 Å². The van der Waals surface area contributed by atoms with E-state index in [2.05, 4.69) is 12.2 Å². The molecule has 7 heteroatoms. The summed E-state index contributed by atoms with van der Waals surface area (Å²) in [5.74, 6) is 0.0361. The van der Waals surface area contributed by atoms with Crippen molar-refractivity contribution in [3.63, 3.8) is 0 Å². The fraction of sp³-hybridized carbons (Fsp3) is 0.318. The van der Waals surface area contributed by atoms with E-state index < -0.39 is 11.9 Å². The molecule has 2 aromatic rings. The predicted octanol–water partition coefficient (Wildman–Crippen LogP) is 4.21. The maximum absolute atomic E-state index is 12.8. The Balaban J connectivity index is 1.94. The van der Waals surface area contributed by atoms with Crippen molar-refractivity contribution in [2.75, 3.05) is 19.5 Å². The highest BCUT2D eigenvalue weighted by Gasteiger charge is 2.29. The average molecular weight is 410 g/mol. The first-order valence-electron chi connectivity index (χ1n) is 9.27. The molecule has 1 amide bonds. The number of benzene rings is 1. The molecule has 6 nitrogen and oxygen atoms in total. The number of nitriles is 1. The summed E-state index contributed by atoms with van der Waals surface area (Å²) in [4.78, 5) is 26.3. The standard InChI is InChI=1S/C22H22N2O4S/c1-13-8-9-16-18(10-13)29-21(19(16)22(26)28-3)24-20(25)15(12-23)11-14-6-4-5-7-17(14)27-2/h4-7,11,13H,8-10H2,1-3H3,(H,24,25). The van der Waals surface area contributed by atoms with Gasteiger partial charge in [0.05, 0.1) is 19.8 Å². The van der Waals surface area contributed by atoms with Gasteiger partial charge in [0.2, 0.25) is 0 Å². The lowest BCUT2D eigenvalue weighted by atomic mass is 9.88. The van der Waals surface area contributed by atoms with Crippen LogP contribution in [-0.4, -0.2) is 26.1 Å². The molecule has 0 fully saturated rings. The van der Waals surface area contributed by atoms with Crippen LogP contribution in [0.4, 0.5) is 5.00 Å². The fourth-order valence-electron chi connectivity index (χ4n) is 3.42. The van der Waals surface area contributed by atoms with Crippen LogP contribution >= 0.6 is 11.3 Å². The number of carbonyl (C=O) groups excluding carboxylic acids is 2. The van der Waals surface area contributed by atoms with Crippen LogP contribution in [0.3, 0.4) is 0 Å². The lowest BCUT2D eigenvalue weighted by Gasteiger charge is -2.18. The van der Waals surface area contributed by atoms with E-state index in [0.29, 0.717) is 27.8 Å². The summed E-state index contributed by atoms with van der Waals surface area (Å²) in [5.41, 5.74) is 1.89. The van der Waals surface area contributed by atoms with Crippen molar-refractivity contribution < 1.29 is 19.1 Å². The number of esters is 1. The molecule has 1 aliphatic rings. The van der Waals surface area contributed by atoms with E-state index in [1.807, 2.05) is 12.1 Å².